The Labute approximate surface area is 103 Å². The average Bonchev–Trinajstić information content (AvgIpc) is 2.22. The molecular formula is C10H17FN4OS. The van der Waals surface area contributed by atoms with Crippen molar-refractivity contribution < 1.29 is 8.60 Å². The van der Waals surface area contributed by atoms with Crippen LogP contribution in [-0.4, -0.2) is 38.8 Å². The molecule has 0 aliphatic rings. The summed E-state index contributed by atoms with van der Waals surface area (Å²) in [5, 5.41) is 5.78. The van der Waals surface area contributed by atoms with Gasteiger partial charge in [-0.15, -0.1) is 0 Å². The molecule has 0 fully saturated rings. The minimum absolute atomic E-state index is 0.111. The molecule has 7 heteroatoms. The summed E-state index contributed by atoms with van der Waals surface area (Å²) >= 11 is 0. The lowest BCUT2D eigenvalue weighted by Gasteiger charge is -2.14. The van der Waals surface area contributed by atoms with E-state index in [9.17, 15) is 8.60 Å². The van der Waals surface area contributed by atoms with E-state index >= 15 is 0 Å². The lowest BCUT2D eigenvalue weighted by molar-refractivity contribution is 0.614. The summed E-state index contributed by atoms with van der Waals surface area (Å²) in [4.78, 5) is 7.80. The van der Waals surface area contributed by atoms with E-state index < -0.39 is 16.6 Å². The third-order valence-electron chi connectivity index (χ3n) is 1.95. The Hall–Kier alpha value is -1.24. The Bertz CT molecular complexity index is 402. The minimum atomic E-state index is -0.929. The van der Waals surface area contributed by atoms with E-state index in [2.05, 4.69) is 20.6 Å². The molecule has 0 aromatic carbocycles. The van der Waals surface area contributed by atoms with Crippen LogP contribution in [0.5, 0.6) is 0 Å². The zero-order valence-electron chi connectivity index (χ0n) is 10.2. The van der Waals surface area contributed by atoms with Crippen molar-refractivity contribution in [3.63, 3.8) is 0 Å². The van der Waals surface area contributed by atoms with E-state index in [1.807, 2.05) is 13.8 Å². The predicted octanol–water partition coefficient (Wildman–Crippen LogP) is 1.23. The van der Waals surface area contributed by atoms with Gasteiger partial charge < -0.3 is 10.6 Å². The fraction of sp³-hybridized carbons (Fsp3) is 0.600. The van der Waals surface area contributed by atoms with Gasteiger partial charge in [0.1, 0.15) is 0 Å². The highest BCUT2D eigenvalue weighted by atomic mass is 32.2. The molecule has 1 aromatic rings. The molecule has 2 N–H and O–H groups in total. The van der Waals surface area contributed by atoms with Gasteiger partial charge >= 0.3 is 0 Å². The normalized spacial score (nSPS) is 14.1. The Morgan fingerprint density at radius 3 is 2.88 bits per heavy atom. The van der Waals surface area contributed by atoms with E-state index in [0.717, 1.165) is 6.20 Å². The summed E-state index contributed by atoms with van der Waals surface area (Å²) < 4.78 is 24.4. The monoisotopic (exact) mass is 260 g/mol. The van der Waals surface area contributed by atoms with E-state index in [1.165, 1.54) is 0 Å². The second-order valence-corrected chi connectivity index (χ2v) is 5.19. The van der Waals surface area contributed by atoms with Crippen molar-refractivity contribution in [1.29, 1.82) is 0 Å². The van der Waals surface area contributed by atoms with Gasteiger partial charge in [-0.2, -0.15) is 4.98 Å². The van der Waals surface area contributed by atoms with Crippen molar-refractivity contribution in [2.45, 2.75) is 19.9 Å². The average molecular weight is 260 g/mol. The minimum Gasteiger partial charge on any atom is -0.364 e. The standard InChI is InChI=1S/C10H17FN4OS/c1-4-12-10-13-5-8(11)9(15-10)14-7(2)6-17(3)16/h5,7H,4,6H2,1-3H3,(H2,12,13,14,15). The fourth-order valence-electron chi connectivity index (χ4n) is 1.34. The lowest BCUT2D eigenvalue weighted by atomic mass is 10.4. The molecule has 5 nitrogen and oxygen atoms in total. The molecule has 2 unspecified atom stereocenters. The van der Waals surface area contributed by atoms with Crippen molar-refractivity contribution in [2.24, 2.45) is 0 Å². The Morgan fingerprint density at radius 2 is 2.29 bits per heavy atom. The molecule has 1 rings (SSSR count). The van der Waals surface area contributed by atoms with Crippen LogP contribution >= 0.6 is 0 Å². The van der Waals surface area contributed by atoms with E-state index in [4.69, 9.17) is 0 Å². The summed E-state index contributed by atoms with van der Waals surface area (Å²) in [5.41, 5.74) is 0. The van der Waals surface area contributed by atoms with Gasteiger partial charge in [0.25, 0.3) is 0 Å². The zero-order valence-corrected chi connectivity index (χ0v) is 11.0. The number of nitrogens with one attached hydrogen (secondary N) is 2. The number of aromatic nitrogens is 2. The van der Waals surface area contributed by atoms with Gasteiger partial charge in [0.15, 0.2) is 11.6 Å². The largest absolute Gasteiger partial charge is 0.364 e. The van der Waals surface area contributed by atoms with Crippen LogP contribution in [-0.2, 0) is 10.8 Å². The van der Waals surface area contributed by atoms with Gasteiger partial charge in [0.05, 0.1) is 6.20 Å². The van der Waals surface area contributed by atoms with Crippen molar-refractivity contribution >= 4 is 22.6 Å². The molecule has 0 spiro atoms. The smallest absolute Gasteiger partial charge is 0.224 e. The Balaban J connectivity index is 2.74. The van der Waals surface area contributed by atoms with E-state index in [-0.39, 0.29) is 11.9 Å². The Kier molecular flexibility index (Phi) is 5.27. The molecule has 2 atom stereocenters. The molecule has 17 heavy (non-hydrogen) atoms. The third-order valence-corrected chi connectivity index (χ3v) is 2.92. The molecule has 0 aliphatic carbocycles. The van der Waals surface area contributed by atoms with Gasteiger partial charge in [0, 0.05) is 35.4 Å². The molecular weight excluding hydrogens is 243 g/mol. The fourth-order valence-corrected chi connectivity index (χ4v) is 2.13. The van der Waals surface area contributed by atoms with Crippen LogP contribution in [0.25, 0.3) is 0 Å². The summed E-state index contributed by atoms with van der Waals surface area (Å²) in [5.74, 6) is 0.440. The van der Waals surface area contributed by atoms with E-state index in [0.29, 0.717) is 18.2 Å². The van der Waals surface area contributed by atoms with Crippen molar-refractivity contribution in [3.05, 3.63) is 12.0 Å². The highest BCUT2D eigenvalue weighted by molar-refractivity contribution is 7.84. The van der Waals surface area contributed by atoms with Crippen LogP contribution in [0, 0.1) is 5.82 Å². The molecule has 1 heterocycles. The van der Waals surface area contributed by atoms with Crippen molar-refractivity contribution in [2.75, 3.05) is 29.2 Å². The summed E-state index contributed by atoms with van der Waals surface area (Å²) in [6, 6.07) is -0.111. The van der Waals surface area contributed by atoms with Crippen LogP contribution in [0.1, 0.15) is 13.8 Å². The maximum atomic E-state index is 13.4. The highest BCUT2D eigenvalue weighted by Gasteiger charge is 2.10. The SMILES string of the molecule is CCNc1ncc(F)c(NC(C)CS(C)=O)n1. The second-order valence-electron chi connectivity index (χ2n) is 3.71. The number of rotatable bonds is 6. The quantitative estimate of drug-likeness (QED) is 0.805. The van der Waals surface area contributed by atoms with Crippen LogP contribution in [0.2, 0.25) is 0 Å². The maximum absolute atomic E-state index is 13.4. The van der Waals surface area contributed by atoms with E-state index in [1.54, 1.807) is 6.26 Å². The van der Waals surface area contributed by atoms with Gasteiger partial charge in [-0.1, -0.05) is 0 Å². The first-order valence-electron chi connectivity index (χ1n) is 5.36. The second kappa shape index (κ2) is 6.48. The topological polar surface area (TPSA) is 66.9 Å². The summed E-state index contributed by atoms with van der Waals surface area (Å²) in [6.45, 7) is 4.40. The maximum Gasteiger partial charge on any atom is 0.224 e. The third kappa shape index (κ3) is 4.64. The number of nitrogens with zero attached hydrogens (tertiary/aromatic N) is 2. The highest BCUT2D eigenvalue weighted by Crippen LogP contribution is 2.13. The molecule has 0 saturated heterocycles. The lowest BCUT2D eigenvalue weighted by Crippen LogP contribution is -2.24. The number of hydrogen-bond acceptors (Lipinski definition) is 5. The first-order valence-corrected chi connectivity index (χ1v) is 7.08. The van der Waals surface area contributed by atoms with Gasteiger partial charge in [-0.25, -0.2) is 9.37 Å². The molecule has 0 aliphatic heterocycles. The van der Waals surface area contributed by atoms with Gasteiger partial charge in [-0.05, 0) is 13.8 Å². The molecule has 0 radical (unpaired) electrons. The van der Waals surface area contributed by atoms with Crippen LogP contribution in [0.4, 0.5) is 16.2 Å². The van der Waals surface area contributed by atoms with Crippen LogP contribution < -0.4 is 10.6 Å². The number of halogens is 1. The van der Waals surface area contributed by atoms with Crippen LogP contribution in [0.3, 0.4) is 0 Å². The molecule has 96 valence electrons. The van der Waals surface area contributed by atoms with Gasteiger partial charge in [0.2, 0.25) is 5.95 Å². The van der Waals surface area contributed by atoms with Gasteiger partial charge in [-0.3, -0.25) is 4.21 Å². The molecule has 0 amide bonds. The molecule has 1 aromatic heterocycles. The van der Waals surface area contributed by atoms with Crippen molar-refractivity contribution in [1.82, 2.24) is 9.97 Å². The Morgan fingerprint density at radius 1 is 1.59 bits per heavy atom. The summed E-state index contributed by atoms with van der Waals surface area (Å²) in [6.07, 6.45) is 2.72. The number of hydrogen-bond donors (Lipinski definition) is 2. The van der Waals surface area contributed by atoms with Crippen LogP contribution in [0.15, 0.2) is 6.20 Å². The first kappa shape index (κ1) is 13.8. The molecule has 0 saturated carbocycles. The van der Waals surface area contributed by atoms with Crippen molar-refractivity contribution in [3.8, 4) is 0 Å². The predicted molar refractivity (Wildman–Crippen MR) is 68.2 cm³/mol. The number of anilines is 2. The first-order chi connectivity index (χ1) is 8.02. The molecule has 0 bridgehead atoms. The zero-order chi connectivity index (χ0) is 12.8. The summed E-state index contributed by atoms with van der Waals surface area (Å²) in [7, 11) is -0.929.